The van der Waals surface area contributed by atoms with Gasteiger partial charge in [0.15, 0.2) is 6.10 Å². The molecule has 0 saturated carbocycles. The van der Waals surface area contributed by atoms with Crippen molar-refractivity contribution in [3.05, 3.63) is 97.2 Å². The number of hydrogen-bond donors (Lipinski definition) is 1. The van der Waals surface area contributed by atoms with E-state index in [0.717, 1.165) is 89.9 Å². The summed E-state index contributed by atoms with van der Waals surface area (Å²) < 4.78 is 10.7. The predicted octanol–water partition coefficient (Wildman–Crippen LogP) is 16.4. The quantitative estimate of drug-likeness (QED) is 0.0376. The van der Waals surface area contributed by atoms with Crippen LogP contribution in [0.25, 0.3) is 0 Å². The van der Waals surface area contributed by atoms with Crippen LogP contribution in [0.15, 0.2) is 97.2 Å². The van der Waals surface area contributed by atoms with Crippen LogP contribution in [-0.2, 0) is 19.1 Å². The van der Waals surface area contributed by atoms with Crippen molar-refractivity contribution in [1.82, 2.24) is 0 Å². The van der Waals surface area contributed by atoms with E-state index in [1.54, 1.807) is 0 Å². The van der Waals surface area contributed by atoms with Gasteiger partial charge in [-0.3, -0.25) is 9.59 Å². The van der Waals surface area contributed by atoms with Crippen LogP contribution in [-0.4, -0.2) is 36.4 Å². The molecule has 0 aromatic carbocycles. The lowest BCUT2D eigenvalue weighted by molar-refractivity contribution is -0.161. The molecule has 1 N–H and O–H groups in total. The van der Waals surface area contributed by atoms with Crippen molar-refractivity contribution in [2.45, 2.75) is 225 Å². The Morgan fingerprint density at radius 1 is 0.400 bits per heavy atom. The SMILES string of the molecule is CC/C=C\C/C=C\C/C=C\C/C=C\C/C=C\CCCCCCCCCC(=O)OC(CO)COC(=O)CCCCCCCCCC/C=C\C/C=C\C/C=C\CCCCCCC. The zero-order valence-electron chi connectivity index (χ0n) is 38.9. The highest BCUT2D eigenvalue weighted by Gasteiger charge is 2.16. The molecule has 342 valence electrons. The Balaban J connectivity index is 3.59. The Labute approximate surface area is 370 Å². The Bertz CT molecular complexity index is 1170. The van der Waals surface area contributed by atoms with E-state index in [-0.39, 0.29) is 25.2 Å². The van der Waals surface area contributed by atoms with Crippen LogP contribution in [0.3, 0.4) is 0 Å². The Morgan fingerprint density at radius 2 is 0.717 bits per heavy atom. The summed E-state index contributed by atoms with van der Waals surface area (Å²) >= 11 is 0. The lowest BCUT2D eigenvalue weighted by atomic mass is 10.1. The topological polar surface area (TPSA) is 72.8 Å². The second kappa shape index (κ2) is 50.2. The van der Waals surface area contributed by atoms with Crippen molar-refractivity contribution in [1.29, 1.82) is 0 Å². The number of unbranched alkanes of at least 4 members (excludes halogenated alkanes) is 20. The minimum atomic E-state index is -0.788. The number of carbonyl (C=O) groups is 2. The van der Waals surface area contributed by atoms with Crippen molar-refractivity contribution in [3.63, 3.8) is 0 Å². The minimum absolute atomic E-state index is 0.0798. The molecule has 0 aliphatic carbocycles. The fourth-order valence-corrected chi connectivity index (χ4v) is 6.65. The van der Waals surface area contributed by atoms with Gasteiger partial charge in [-0.15, -0.1) is 0 Å². The number of aliphatic hydroxyl groups excluding tert-OH is 1. The van der Waals surface area contributed by atoms with E-state index in [2.05, 4.69) is 111 Å². The molecule has 60 heavy (non-hydrogen) atoms. The first-order valence-electron chi connectivity index (χ1n) is 24.8. The molecule has 5 nitrogen and oxygen atoms in total. The third-order valence-corrected chi connectivity index (χ3v) is 10.4. The molecule has 0 aromatic rings. The normalized spacial score (nSPS) is 13.1. The number of rotatable bonds is 44. The summed E-state index contributed by atoms with van der Waals surface area (Å²) in [5, 5.41) is 9.62. The van der Waals surface area contributed by atoms with Crippen LogP contribution in [0.2, 0.25) is 0 Å². The highest BCUT2D eigenvalue weighted by molar-refractivity contribution is 5.70. The highest BCUT2D eigenvalue weighted by Crippen LogP contribution is 2.13. The fraction of sp³-hybridized carbons (Fsp3) is 0.673. The van der Waals surface area contributed by atoms with Gasteiger partial charge >= 0.3 is 11.9 Å². The van der Waals surface area contributed by atoms with Crippen LogP contribution in [0, 0.1) is 0 Å². The molecule has 1 atom stereocenters. The highest BCUT2D eigenvalue weighted by atomic mass is 16.6. The van der Waals surface area contributed by atoms with E-state index in [9.17, 15) is 14.7 Å². The minimum Gasteiger partial charge on any atom is -0.462 e. The molecule has 1 unspecified atom stereocenters. The molecule has 0 spiro atoms. The first-order valence-corrected chi connectivity index (χ1v) is 24.8. The van der Waals surface area contributed by atoms with Gasteiger partial charge in [-0.2, -0.15) is 0 Å². The number of aliphatic hydroxyl groups is 1. The molecule has 0 aliphatic heterocycles. The first kappa shape index (κ1) is 56.8. The standard InChI is InChI=1S/C55H92O5/c1-3-5-7-9-11-13-15-17-19-21-23-25-27-29-31-33-35-37-39-41-43-45-47-49-54(57)59-52-53(51-56)60-55(58)50-48-46-44-42-40-38-36-34-32-30-28-26-24-22-20-18-16-14-12-10-8-6-4-2/h6,8,12,14-15,17-18,20-21,23-24,26-27,29-30,32,53,56H,3-5,7,9-11,13,16,19,22,25,28,31,33-52H2,1-2H3/b8-6-,14-12-,17-15-,20-18-,23-21-,26-24-,29-27-,32-30-. The van der Waals surface area contributed by atoms with Crippen molar-refractivity contribution in [2.24, 2.45) is 0 Å². The van der Waals surface area contributed by atoms with Gasteiger partial charge in [0, 0.05) is 12.8 Å². The molecule has 0 saturated heterocycles. The number of esters is 2. The van der Waals surface area contributed by atoms with Crippen molar-refractivity contribution < 1.29 is 24.2 Å². The second-order valence-corrected chi connectivity index (χ2v) is 16.2. The summed E-state index contributed by atoms with van der Waals surface area (Å²) in [5.74, 6) is -0.616. The van der Waals surface area contributed by atoms with Gasteiger partial charge in [0.05, 0.1) is 6.61 Å². The number of hydrogen-bond acceptors (Lipinski definition) is 5. The third-order valence-electron chi connectivity index (χ3n) is 10.4. The molecule has 0 rings (SSSR count). The van der Waals surface area contributed by atoms with Crippen molar-refractivity contribution in [3.8, 4) is 0 Å². The van der Waals surface area contributed by atoms with Gasteiger partial charge in [0.25, 0.3) is 0 Å². The summed E-state index contributed by atoms with van der Waals surface area (Å²) in [4.78, 5) is 24.4. The number of ether oxygens (including phenoxy) is 2. The molecule has 0 heterocycles. The van der Waals surface area contributed by atoms with Crippen LogP contribution in [0.1, 0.15) is 219 Å². The average Bonchev–Trinajstić information content (AvgIpc) is 3.25. The zero-order valence-corrected chi connectivity index (χ0v) is 38.9. The fourth-order valence-electron chi connectivity index (χ4n) is 6.65. The molecule has 0 aromatic heterocycles. The van der Waals surface area contributed by atoms with Crippen LogP contribution >= 0.6 is 0 Å². The van der Waals surface area contributed by atoms with Crippen molar-refractivity contribution >= 4 is 11.9 Å². The van der Waals surface area contributed by atoms with E-state index < -0.39 is 6.10 Å². The molecule has 0 radical (unpaired) electrons. The number of allylic oxidation sites excluding steroid dienone is 16. The second-order valence-electron chi connectivity index (χ2n) is 16.2. The molecule has 0 amide bonds. The summed E-state index contributed by atoms with van der Waals surface area (Å²) in [6.07, 6.45) is 70.6. The number of carbonyl (C=O) groups excluding carboxylic acids is 2. The monoisotopic (exact) mass is 833 g/mol. The van der Waals surface area contributed by atoms with Gasteiger partial charge in [0.2, 0.25) is 0 Å². The summed E-state index contributed by atoms with van der Waals surface area (Å²) in [7, 11) is 0. The average molecular weight is 833 g/mol. The maximum absolute atomic E-state index is 12.3. The summed E-state index contributed by atoms with van der Waals surface area (Å²) in [5.41, 5.74) is 0. The Morgan fingerprint density at radius 3 is 1.08 bits per heavy atom. The van der Waals surface area contributed by atoms with Crippen LogP contribution < -0.4 is 0 Å². The third kappa shape index (κ3) is 47.5. The van der Waals surface area contributed by atoms with E-state index in [0.29, 0.717) is 12.8 Å². The molecule has 0 bridgehead atoms. The first-order chi connectivity index (χ1) is 29.6. The summed E-state index contributed by atoms with van der Waals surface area (Å²) in [6, 6.07) is 0. The van der Waals surface area contributed by atoms with Gasteiger partial charge < -0.3 is 14.6 Å². The molecule has 5 heteroatoms. The van der Waals surface area contributed by atoms with Gasteiger partial charge in [0.1, 0.15) is 6.61 Å². The Hall–Kier alpha value is -3.18. The van der Waals surface area contributed by atoms with Crippen LogP contribution in [0.5, 0.6) is 0 Å². The van der Waals surface area contributed by atoms with E-state index in [1.807, 2.05) is 0 Å². The Kier molecular flexibility index (Phi) is 47.5. The molecular weight excluding hydrogens is 741 g/mol. The largest absolute Gasteiger partial charge is 0.462 e. The lowest BCUT2D eigenvalue weighted by Gasteiger charge is -2.15. The van der Waals surface area contributed by atoms with Gasteiger partial charge in [-0.1, -0.05) is 207 Å². The summed E-state index contributed by atoms with van der Waals surface area (Å²) in [6.45, 7) is 4.00. The molecular formula is C55H92O5. The zero-order chi connectivity index (χ0) is 43.5. The molecule has 0 aliphatic rings. The van der Waals surface area contributed by atoms with Crippen LogP contribution in [0.4, 0.5) is 0 Å². The van der Waals surface area contributed by atoms with E-state index in [1.165, 1.54) is 103 Å². The van der Waals surface area contributed by atoms with Crippen molar-refractivity contribution in [2.75, 3.05) is 13.2 Å². The van der Waals surface area contributed by atoms with Gasteiger partial charge in [-0.25, -0.2) is 0 Å². The van der Waals surface area contributed by atoms with E-state index >= 15 is 0 Å². The van der Waals surface area contributed by atoms with Gasteiger partial charge in [-0.05, 0) is 96.3 Å². The lowest BCUT2D eigenvalue weighted by Crippen LogP contribution is -2.28. The maximum Gasteiger partial charge on any atom is 0.306 e. The smallest absolute Gasteiger partial charge is 0.306 e. The maximum atomic E-state index is 12.3. The van der Waals surface area contributed by atoms with E-state index in [4.69, 9.17) is 9.47 Å². The predicted molar refractivity (Wildman–Crippen MR) is 260 cm³/mol. The molecule has 0 fully saturated rings.